The zero-order valence-corrected chi connectivity index (χ0v) is 8.69. The van der Waals surface area contributed by atoms with E-state index >= 15 is 0 Å². The van der Waals surface area contributed by atoms with Crippen LogP contribution in [0.3, 0.4) is 0 Å². The van der Waals surface area contributed by atoms with Gasteiger partial charge in [0.25, 0.3) is 0 Å². The van der Waals surface area contributed by atoms with E-state index in [9.17, 15) is 9.59 Å². The number of hydrogen-bond acceptors (Lipinski definition) is 3. The van der Waals surface area contributed by atoms with Crippen LogP contribution in [0.5, 0.6) is 0 Å². The van der Waals surface area contributed by atoms with Crippen LogP contribution in [0.2, 0.25) is 0 Å². The van der Waals surface area contributed by atoms with Gasteiger partial charge in [-0.1, -0.05) is 30.3 Å². The minimum atomic E-state index is -0.896. The molecule has 3 nitrogen and oxygen atoms in total. The van der Waals surface area contributed by atoms with Gasteiger partial charge < -0.3 is 4.74 Å². The molecule has 15 heavy (non-hydrogen) atoms. The molecule has 3 heteroatoms. The average Bonchev–Trinajstić information content (AvgIpc) is 2.93. The van der Waals surface area contributed by atoms with E-state index in [2.05, 4.69) is 0 Å². The van der Waals surface area contributed by atoms with E-state index < -0.39 is 11.7 Å². The highest BCUT2D eigenvalue weighted by molar-refractivity contribution is 6.07. The Bertz CT molecular complexity index is 410. The number of ether oxygens (including phenoxy) is 1. The number of rotatable bonds is 3. The summed E-state index contributed by atoms with van der Waals surface area (Å²) in [6.45, 7) is 3.10. The van der Waals surface area contributed by atoms with Crippen molar-refractivity contribution in [1.29, 1.82) is 0 Å². The van der Waals surface area contributed by atoms with E-state index in [1.54, 1.807) is 31.2 Å². The Balaban J connectivity index is 2.17. The summed E-state index contributed by atoms with van der Waals surface area (Å²) in [4.78, 5) is 23.0. The van der Waals surface area contributed by atoms with E-state index in [-0.39, 0.29) is 11.6 Å². The van der Waals surface area contributed by atoms with Crippen LogP contribution in [-0.4, -0.2) is 23.3 Å². The first kappa shape index (κ1) is 10.1. The van der Waals surface area contributed by atoms with Gasteiger partial charge >= 0.3 is 0 Å². The van der Waals surface area contributed by atoms with Crippen molar-refractivity contribution in [2.45, 2.75) is 25.6 Å². The van der Waals surface area contributed by atoms with Crippen LogP contribution in [0, 0.1) is 0 Å². The minimum Gasteiger partial charge on any atom is -0.349 e. The molecule has 1 fully saturated rings. The Hall–Kier alpha value is -1.48. The predicted octanol–water partition coefficient (Wildman–Crippen LogP) is 1.62. The molecule has 0 aliphatic carbocycles. The Morgan fingerprint density at radius 3 is 2.33 bits per heavy atom. The van der Waals surface area contributed by atoms with Crippen LogP contribution in [0.1, 0.15) is 24.2 Å². The molecule has 0 amide bonds. The van der Waals surface area contributed by atoms with E-state index in [0.717, 1.165) is 0 Å². The molecule has 0 bridgehead atoms. The van der Waals surface area contributed by atoms with Crippen molar-refractivity contribution >= 4 is 11.6 Å². The summed E-state index contributed by atoms with van der Waals surface area (Å²) >= 11 is 0. The monoisotopic (exact) mass is 204 g/mol. The lowest BCUT2D eigenvalue weighted by Crippen LogP contribution is -2.24. The maximum atomic E-state index is 11.8. The lowest BCUT2D eigenvalue weighted by molar-refractivity contribution is -0.121. The fourth-order valence-electron chi connectivity index (χ4n) is 1.54. The van der Waals surface area contributed by atoms with Gasteiger partial charge in [0.05, 0.1) is 0 Å². The van der Waals surface area contributed by atoms with Gasteiger partial charge in [0, 0.05) is 5.56 Å². The van der Waals surface area contributed by atoms with Gasteiger partial charge in [0.1, 0.15) is 0 Å². The van der Waals surface area contributed by atoms with Crippen LogP contribution in [-0.2, 0) is 9.53 Å². The molecule has 1 saturated heterocycles. The minimum absolute atomic E-state index is 0.100. The molecule has 1 heterocycles. The molecule has 0 spiro atoms. The smallest absolute Gasteiger partial charge is 0.195 e. The zero-order chi connectivity index (χ0) is 11.1. The van der Waals surface area contributed by atoms with E-state index in [1.807, 2.05) is 6.07 Å². The SMILES string of the molecule is CC(=O)C1(C)OC1C(=O)c1ccccc1. The molecule has 78 valence electrons. The third kappa shape index (κ3) is 1.59. The highest BCUT2D eigenvalue weighted by Crippen LogP contribution is 2.38. The third-order valence-corrected chi connectivity index (χ3v) is 2.80. The van der Waals surface area contributed by atoms with Crippen molar-refractivity contribution in [2.75, 3.05) is 0 Å². The number of hydrogen-bond donors (Lipinski definition) is 0. The van der Waals surface area contributed by atoms with E-state index in [4.69, 9.17) is 4.74 Å². The van der Waals surface area contributed by atoms with Crippen LogP contribution in [0.15, 0.2) is 30.3 Å². The fraction of sp³-hybridized carbons (Fsp3) is 0.333. The van der Waals surface area contributed by atoms with E-state index in [0.29, 0.717) is 5.56 Å². The summed E-state index contributed by atoms with van der Waals surface area (Å²) in [5.41, 5.74) is -0.306. The van der Waals surface area contributed by atoms with Gasteiger partial charge in [-0.05, 0) is 13.8 Å². The molecule has 0 radical (unpaired) electrons. The lowest BCUT2D eigenvalue weighted by Gasteiger charge is -1.99. The van der Waals surface area contributed by atoms with Crippen LogP contribution >= 0.6 is 0 Å². The molecule has 0 aromatic heterocycles. The van der Waals surface area contributed by atoms with Gasteiger partial charge in [-0.25, -0.2) is 0 Å². The first-order valence-electron chi connectivity index (χ1n) is 4.84. The van der Waals surface area contributed by atoms with Gasteiger partial charge in [0.15, 0.2) is 23.3 Å². The Kier molecular flexibility index (Phi) is 2.20. The molecule has 1 aromatic carbocycles. The molecular weight excluding hydrogens is 192 g/mol. The summed E-state index contributed by atoms with van der Waals surface area (Å²) in [5.74, 6) is -0.218. The quantitative estimate of drug-likeness (QED) is 0.555. The summed E-state index contributed by atoms with van der Waals surface area (Å²) in [6.07, 6.45) is -0.600. The second-order valence-electron chi connectivity index (χ2n) is 3.89. The number of benzene rings is 1. The van der Waals surface area contributed by atoms with Gasteiger partial charge in [0.2, 0.25) is 0 Å². The summed E-state index contributed by atoms with van der Waals surface area (Å²) in [5, 5.41) is 0. The van der Waals surface area contributed by atoms with Crippen molar-refractivity contribution in [3.05, 3.63) is 35.9 Å². The number of ketones is 2. The summed E-state index contributed by atoms with van der Waals surface area (Å²) in [7, 11) is 0. The number of carbonyl (C=O) groups is 2. The predicted molar refractivity (Wildman–Crippen MR) is 54.7 cm³/mol. The standard InChI is InChI=1S/C12H12O3/c1-8(13)12(2)11(15-12)10(14)9-6-4-3-5-7-9/h3-7,11H,1-2H3. The topological polar surface area (TPSA) is 46.7 Å². The molecule has 1 aliphatic rings. The number of carbonyl (C=O) groups excluding carboxylic acids is 2. The fourth-order valence-corrected chi connectivity index (χ4v) is 1.54. The summed E-state index contributed by atoms with van der Waals surface area (Å²) < 4.78 is 5.18. The second kappa shape index (κ2) is 3.28. The molecule has 1 aliphatic heterocycles. The third-order valence-electron chi connectivity index (χ3n) is 2.80. The lowest BCUT2D eigenvalue weighted by atomic mass is 9.97. The highest BCUT2D eigenvalue weighted by Gasteiger charge is 2.60. The normalized spacial score (nSPS) is 28.5. The van der Waals surface area contributed by atoms with Crippen LogP contribution in [0.25, 0.3) is 0 Å². The summed E-state index contributed by atoms with van der Waals surface area (Å²) in [6, 6.07) is 8.88. The van der Waals surface area contributed by atoms with E-state index in [1.165, 1.54) is 6.92 Å². The average molecular weight is 204 g/mol. The molecule has 0 saturated carbocycles. The second-order valence-corrected chi connectivity index (χ2v) is 3.89. The Labute approximate surface area is 88.1 Å². The molecule has 0 N–H and O–H groups in total. The van der Waals surface area contributed by atoms with Crippen molar-refractivity contribution in [2.24, 2.45) is 0 Å². The highest BCUT2D eigenvalue weighted by atomic mass is 16.6. The molecule has 2 unspecified atom stereocenters. The zero-order valence-electron chi connectivity index (χ0n) is 8.69. The first-order chi connectivity index (χ1) is 7.05. The van der Waals surface area contributed by atoms with Crippen molar-refractivity contribution in [1.82, 2.24) is 0 Å². The maximum absolute atomic E-state index is 11.8. The molecular formula is C12H12O3. The van der Waals surface area contributed by atoms with Crippen molar-refractivity contribution < 1.29 is 14.3 Å². The molecule has 1 aromatic rings. The maximum Gasteiger partial charge on any atom is 0.195 e. The number of epoxide rings is 1. The van der Waals surface area contributed by atoms with Crippen molar-refractivity contribution in [3.63, 3.8) is 0 Å². The largest absolute Gasteiger partial charge is 0.349 e. The number of Topliss-reactive ketones (excluding diaryl/α,β-unsaturated/α-hetero) is 2. The molecule has 2 rings (SSSR count). The van der Waals surface area contributed by atoms with Crippen LogP contribution in [0.4, 0.5) is 0 Å². The van der Waals surface area contributed by atoms with Crippen molar-refractivity contribution in [3.8, 4) is 0 Å². The Morgan fingerprint density at radius 2 is 1.87 bits per heavy atom. The van der Waals surface area contributed by atoms with Gasteiger partial charge in [-0.2, -0.15) is 0 Å². The Morgan fingerprint density at radius 1 is 1.27 bits per heavy atom. The first-order valence-corrected chi connectivity index (χ1v) is 4.84. The van der Waals surface area contributed by atoms with Gasteiger partial charge in [-0.15, -0.1) is 0 Å². The van der Waals surface area contributed by atoms with Crippen LogP contribution < -0.4 is 0 Å². The molecule has 2 atom stereocenters. The van der Waals surface area contributed by atoms with Gasteiger partial charge in [-0.3, -0.25) is 9.59 Å².